The van der Waals surface area contributed by atoms with Crippen LogP contribution in [-0.2, 0) is 13.8 Å². The molecule has 0 bridgehead atoms. The Kier molecular flexibility index (Phi) is 7.37. The van der Waals surface area contributed by atoms with Crippen LogP contribution in [0.5, 0.6) is 0 Å². The van der Waals surface area contributed by atoms with Gasteiger partial charge in [-0.15, -0.1) is 0 Å². The van der Waals surface area contributed by atoms with E-state index in [4.69, 9.17) is 15.4 Å². The standard InChI is InChI=1S/C17H21ClIN3O4S2/c1-2-26-17(23)14-9-20-16-13(7-8-22(16)27-19)15(14)21-12-5-3-11(4-6-12)10-28(18,24)25/h7-9,11-12H,2-6,10H2,1H3,(H,20,21). The summed E-state index contributed by atoms with van der Waals surface area (Å²) in [6, 6.07) is 2.08. The minimum Gasteiger partial charge on any atom is -0.462 e. The molecule has 0 atom stereocenters. The summed E-state index contributed by atoms with van der Waals surface area (Å²) in [6.07, 6.45) is 6.64. The maximum absolute atomic E-state index is 12.4. The second-order valence-corrected chi connectivity index (χ2v) is 11.3. The average molecular weight is 558 g/mol. The molecule has 1 aliphatic rings. The van der Waals surface area contributed by atoms with E-state index in [1.807, 2.05) is 16.2 Å². The topological polar surface area (TPSA) is 90.3 Å². The number of halogens is 2. The SMILES string of the molecule is CCOC(=O)c1cnc2c(ccn2SI)c1NC1CCC(CS(=O)(=O)Cl)CC1. The number of carbonyl (C=O) groups is 1. The van der Waals surface area contributed by atoms with Gasteiger partial charge in [-0.25, -0.2) is 18.2 Å². The molecule has 28 heavy (non-hydrogen) atoms. The summed E-state index contributed by atoms with van der Waals surface area (Å²) in [5.41, 5.74) is 1.91. The van der Waals surface area contributed by atoms with Gasteiger partial charge in [-0.05, 0) is 44.6 Å². The van der Waals surface area contributed by atoms with E-state index in [1.54, 1.807) is 13.1 Å². The first-order valence-electron chi connectivity index (χ1n) is 8.97. The fourth-order valence-corrected chi connectivity index (χ4v) is 6.30. The lowest BCUT2D eigenvalue weighted by Crippen LogP contribution is -2.29. The van der Waals surface area contributed by atoms with Gasteiger partial charge in [-0.2, -0.15) is 0 Å². The summed E-state index contributed by atoms with van der Waals surface area (Å²) in [6.45, 7) is 2.06. The number of hydrogen-bond donors (Lipinski definition) is 1. The third kappa shape index (κ3) is 5.25. The van der Waals surface area contributed by atoms with Gasteiger partial charge in [0.1, 0.15) is 5.56 Å². The van der Waals surface area contributed by atoms with Crippen molar-refractivity contribution in [2.24, 2.45) is 5.92 Å². The number of rotatable bonds is 7. The summed E-state index contributed by atoms with van der Waals surface area (Å²) in [7, 11) is 3.42. The predicted octanol–water partition coefficient (Wildman–Crippen LogP) is 4.60. The molecule has 1 saturated carbocycles. The molecule has 0 radical (unpaired) electrons. The zero-order chi connectivity index (χ0) is 20.3. The molecule has 1 N–H and O–H groups in total. The Bertz CT molecular complexity index is 959. The fourth-order valence-electron chi connectivity index (χ4n) is 3.60. The summed E-state index contributed by atoms with van der Waals surface area (Å²) in [5.74, 6) is -0.305. The van der Waals surface area contributed by atoms with Crippen molar-refractivity contribution in [2.45, 2.75) is 38.6 Å². The molecule has 1 fully saturated rings. The number of ether oxygens (including phenoxy) is 1. The number of anilines is 1. The molecule has 0 aliphatic heterocycles. The van der Waals surface area contributed by atoms with Gasteiger partial charge in [0.05, 0.1) is 18.0 Å². The van der Waals surface area contributed by atoms with Gasteiger partial charge in [0.25, 0.3) is 0 Å². The van der Waals surface area contributed by atoms with Crippen LogP contribution in [0.25, 0.3) is 11.0 Å². The van der Waals surface area contributed by atoms with Crippen LogP contribution in [0.2, 0.25) is 0 Å². The zero-order valence-corrected chi connectivity index (χ0v) is 19.8. The lowest BCUT2D eigenvalue weighted by Gasteiger charge is -2.29. The van der Waals surface area contributed by atoms with E-state index >= 15 is 0 Å². The minimum absolute atomic E-state index is 0.0184. The number of nitrogens with zero attached hydrogens (tertiary/aromatic N) is 2. The van der Waals surface area contributed by atoms with Crippen LogP contribution in [0.3, 0.4) is 0 Å². The Balaban J connectivity index is 1.84. The van der Waals surface area contributed by atoms with Gasteiger partial charge in [-0.1, -0.05) is 0 Å². The molecule has 0 spiro atoms. The van der Waals surface area contributed by atoms with Gasteiger partial charge >= 0.3 is 5.97 Å². The number of esters is 1. The van der Waals surface area contributed by atoms with Gasteiger partial charge in [0.2, 0.25) is 9.05 Å². The highest BCUT2D eigenvalue weighted by Gasteiger charge is 2.27. The highest BCUT2D eigenvalue weighted by atomic mass is 127. The van der Waals surface area contributed by atoms with Gasteiger partial charge < -0.3 is 10.1 Å². The number of aromatic nitrogens is 2. The van der Waals surface area contributed by atoms with Crippen molar-refractivity contribution in [3.8, 4) is 0 Å². The number of pyridine rings is 1. The Hall–Kier alpha value is -0.720. The summed E-state index contributed by atoms with van der Waals surface area (Å²) in [4.78, 5) is 16.9. The molecular weight excluding hydrogens is 537 g/mol. The molecule has 2 heterocycles. The monoisotopic (exact) mass is 557 g/mol. The normalized spacial score (nSPS) is 20.2. The average Bonchev–Trinajstić information content (AvgIpc) is 3.06. The van der Waals surface area contributed by atoms with Gasteiger partial charge in [0, 0.05) is 64.8 Å². The Morgan fingerprint density at radius 3 is 2.75 bits per heavy atom. The van der Waals surface area contributed by atoms with Crippen molar-refractivity contribution in [1.82, 2.24) is 8.96 Å². The van der Waals surface area contributed by atoms with Crippen molar-refractivity contribution in [1.29, 1.82) is 0 Å². The third-order valence-electron chi connectivity index (χ3n) is 4.88. The van der Waals surface area contributed by atoms with Gasteiger partial charge in [0.15, 0.2) is 5.65 Å². The summed E-state index contributed by atoms with van der Waals surface area (Å²) < 4.78 is 29.8. The molecule has 0 amide bonds. The van der Waals surface area contributed by atoms with Crippen LogP contribution < -0.4 is 5.32 Å². The molecule has 2 aromatic heterocycles. The predicted molar refractivity (Wildman–Crippen MR) is 122 cm³/mol. The van der Waals surface area contributed by atoms with E-state index in [1.165, 1.54) is 9.12 Å². The first kappa shape index (κ1) is 22.0. The molecule has 2 aromatic rings. The van der Waals surface area contributed by atoms with E-state index in [0.29, 0.717) is 12.2 Å². The summed E-state index contributed by atoms with van der Waals surface area (Å²) in [5, 5.41) is 4.37. The Labute approximate surface area is 185 Å². The fraction of sp³-hybridized carbons (Fsp3) is 0.529. The molecule has 1 aliphatic carbocycles. The van der Waals surface area contributed by atoms with E-state index < -0.39 is 15.0 Å². The van der Waals surface area contributed by atoms with Crippen molar-refractivity contribution in [3.05, 3.63) is 24.0 Å². The molecule has 3 rings (SSSR count). The largest absolute Gasteiger partial charge is 0.462 e. The second kappa shape index (κ2) is 9.40. The Morgan fingerprint density at radius 2 is 2.14 bits per heavy atom. The number of fused-ring (bicyclic) bond motifs is 1. The maximum atomic E-state index is 12.4. The molecule has 154 valence electrons. The van der Waals surface area contributed by atoms with E-state index in [-0.39, 0.29) is 17.7 Å². The second-order valence-electron chi connectivity index (χ2n) is 6.78. The molecule has 7 nitrogen and oxygen atoms in total. The molecule has 0 saturated heterocycles. The van der Waals surface area contributed by atoms with Crippen LogP contribution in [-0.4, -0.2) is 41.7 Å². The molecule has 0 aromatic carbocycles. The molecule has 11 heteroatoms. The maximum Gasteiger partial charge on any atom is 0.341 e. The summed E-state index contributed by atoms with van der Waals surface area (Å²) >= 11 is 2.18. The van der Waals surface area contributed by atoms with Gasteiger partial charge in [-0.3, -0.25) is 3.97 Å². The first-order valence-corrected chi connectivity index (χ1v) is 14.8. The zero-order valence-electron chi connectivity index (χ0n) is 15.2. The first-order chi connectivity index (χ1) is 13.3. The highest BCUT2D eigenvalue weighted by Crippen LogP contribution is 2.34. The van der Waals surface area contributed by atoms with E-state index in [0.717, 1.165) is 42.4 Å². The van der Waals surface area contributed by atoms with E-state index in [2.05, 4.69) is 31.5 Å². The van der Waals surface area contributed by atoms with Crippen LogP contribution in [0, 0.1) is 5.92 Å². The number of nitrogens with one attached hydrogen (secondary N) is 1. The van der Waals surface area contributed by atoms with Crippen LogP contribution in [0.15, 0.2) is 18.5 Å². The number of hydrogen-bond acceptors (Lipinski definition) is 7. The van der Waals surface area contributed by atoms with Crippen LogP contribution >= 0.6 is 41.0 Å². The molecular formula is C17H21ClIN3O4S2. The highest BCUT2D eigenvalue weighted by molar-refractivity contribution is 14.2. The van der Waals surface area contributed by atoms with Crippen LogP contribution in [0.4, 0.5) is 5.69 Å². The lowest BCUT2D eigenvalue weighted by molar-refractivity contribution is 0.0527. The number of carbonyl (C=O) groups excluding carboxylic acids is 1. The van der Waals surface area contributed by atoms with Crippen LogP contribution in [0.1, 0.15) is 43.0 Å². The van der Waals surface area contributed by atoms with E-state index in [9.17, 15) is 13.2 Å². The van der Waals surface area contributed by atoms with Crippen molar-refractivity contribution < 1.29 is 17.9 Å². The lowest BCUT2D eigenvalue weighted by atomic mass is 9.87. The minimum atomic E-state index is -3.48. The smallest absolute Gasteiger partial charge is 0.341 e. The van der Waals surface area contributed by atoms with Crippen molar-refractivity contribution in [2.75, 3.05) is 17.7 Å². The van der Waals surface area contributed by atoms with Crippen molar-refractivity contribution >= 4 is 72.7 Å². The molecule has 0 unspecified atom stereocenters. The van der Waals surface area contributed by atoms with Crippen molar-refractivity contribution in [3.63, 3.8) is 0 Å². The third-order valence-corrected chi connectivity index (χ3v) is 7.84. The Morgan fingerprint density at radius 1 is 1.43 bits per heavy atom. The quantitative estimate of drug-likeness (QED) is 0.302.